The number of aromatic nitrogens is 1. The standard InChI is InChI=1S/C13H16N2O2/c1-17-13(16)7-3-2-5-11(9-14)12-6-4-8-15-10-12/h4,6,8,10-11H,2-3,5,7H2,1H3. The number of carbonyl (C=O) groups is 1. The van der Waals surface area contributed by atoms with Gasteiger partial charge in [0.25, 0.3) is 0 Å². The second-order valence-corrected chi connectivity index (χ2v) is 3.79. The van der Waals surface area contributed by atoms with Gasteiger partial charge in [0.15, 0.2) is 0 Å². The molecule has 1 heterocycles. The molecule has 0 aromatic carbocycles. The minimum absolute atomic E-state index is 0.138. The summed E-state index contributed by atoms with van der Waals surface area (Å²) in [5.41, 5.74) is 0.938. The van der Waals surface area contributed by atoms with Gasteiger partial charge < -0.3 is 4.74 Å². The third kappa shape index (κ3) is 4.64. The lowest BCUT2D eigenvalue weighted by molar-refractivity contribution is -0.140. The third-order valence-corrected chi connectivity index (χ3v) is 2.59. The van der Waals surface area contributed by atoms with Crippen LogP contribution < -0.4 is 0 Å². The van der Waals surface area contributed by atoms with E-state index in [1.165, 1.54) is 7.11 Å². The van der Waals surface area contributed by atoms with Crippen LogP contribution in [-0.2, 0) is 9.53 Å². The molecule has 1 unspecified atom stereocenters. The van der Waals surface area contributed by atoms with Crippen LogP contribution in [0.25, 0.3) is 0 Å². The Kier molecular flexibility index (Phi) is 5.73. The number of nitrogens with zero attached hydrogens (tertiary/aromatic N) is 2. The highest BCUT2D eigenvalue weighted by atomic mass is 16.5. The first-order chi connectivity index (χ1) is 8.27. The van der Waals surface area contributed by atoms with Gasteiger partial charge in [-0.05, 0) is 24.5 Å². The Hall–Kier alpha value is -1.89. The Morgan fingerprint density at radius 3 is 3.00 bits per heavy atom. The van der Waals surface area contributed by atoms with Crippen LogP contribution in [0.4, 0.5) is 0 Å². The van der Waals surface area contributed by atoms with Gasteiger partial charge in [-0.1, -0.05) is 12.5 Å². The molecule has 1 aromatic rings. The summed E-state index contributed by atoms with van der Waals surface area (Å²) in [6, 6.07) is 6.00. The lowest BCUT2D eigenvalue weighted by Crippen LogP contribution is -2.01. The van der Waals surface area contributed by atoms with Crippen molar-refractivity contribution in [1.82, 2.24) is 4.98 Å². The summed E-state index contributed by atoms with van der Waals surface area (Å²) in [4.78, 5) is 14.9. The van der Waals surface area contributed by atoms with Crippen LogP contribution in [0.1, 0.15) is 37.2 Å². The second kappa shape index (κ2) is 7.39. The predicted octanol–water partition coefficient (Wildman–Crippen LogP) is 2.42. The normalized spacial score (nSPS) is 11.5. The second-order valence-electron chi connectivity index (χ2n) is 3.79. The zero-order valence-electron chi connectivity index (χ0n) is 9.93. The van der Waals surface area contributed by atoms with Crippen LogP contribution in [0.3, 0.4) is 0 Å². The first-order valence-electron chi connectivity index (χ1n) is 5.64. The number of methoxy groups -OCH3 is 1. The SMILES string of the molecule is COC(=O)CCCCC(C#N)c1cccnc1. The molecule has 0 saturated carbocycles. The molecule has 4 heteroatoms. The number of hydrogen-bond donors (Lipinski definition) is 0. The molecule has 4 nitrogen and oxygen atoms in total. The van der Waals surface area contributed by atoms with E-state index in [4.69, 9.17) is 5.26 Å². The van der Waals surface area contributed by atoms with E-state index in [9.17, 15) is 4.79 Å². The van der Waals surface area contributed by atoms with Gasteiger partial charge in [-0.3, -0.25) is 9.78 Å². The quantitative estimate of drug-likeness (QED) is 0.558. The molecule has 0 bridgehead atoms. The lowest BCUT2D eigenvalue weighted by atomic mass is 9.96. The van der Waals surface area contributed by atoms with Crippen molar-refractivity contribution in [2.45, 2.75) is 31.6 Å². The van der Waals surface area contributed by atoms with E-state index in [1.807, 2.05) is 12.1 Å². The number of unbranched alkanes of at least 4 members (excludes halogenated alkanes) is 1. The van der Waals surface area contributed by atoms with Crippen molar-refractivity contribution < 1.29 is 9.53 Å². The monoisotopic (exact) mass is 232 g/mol. The number of hydrogen-bond acceptors (Lipinski definition) is 4. The zero-order valence-corrected chi connectivity index (χ0v) is 9.93. The largest absolute Gasteiger partial charge is 0.469 e. The molecule has 0 aliphatic carbocycles. The predicted molar refractivity (Wildman–Crippen MR) is 63.1 cm³/mol. The lowest BCUT2D eigenvalue weighted by Gasteiger charge is -2.08. The fraction of sp³-hybridized carbons (Fsp3) is 0.462. The summed E-state index contributed by atoms with van der Waals surface area (Å²) in [5, 5.41) is 9.06. The van der Waals surface area contributed by atoms with E-state index in [-0.39, 0.29) is 11.9 Å². The van der Waals surface area contributed by atoms with Crippen molar-refractivity contribution in [1.29, 1.82) is 5.26 Å². The van der Waals surface area contributed by atoms with Gasteiger partial charge >= 0.3 is 5.97 Å². The molecule has 0 fully saturated rings. The third-order valence-electron chi connectivity index (χ3n) is 2.59. The van der Waals surface area contributed by atoms with Crippen LogP contribution in [0.2, 0.25) is 0 Å². The first kappa shape index (κ1) is 13.2. The highest BCUT2D eigenvalue weighted by Gasteiger charge is 2.10. The summed E-state index contributed by atoms with van der Waals surface area (Å²) in [7, 11) is 1.38. The highest BCUT2D eigenvalue weighted by molar-refractivity contribution is 5.68. The number of pyridine rings is 1. The van der Waals surface area contributed by atoms with Gasteiger partial charge in [0.05, 0.1) is 19.1 Å². The molecule has 0 spiro atoms. The average molecular weight is 232 g/mol. The van der Waals surface area contributed by atoms with Gasteiger partial charge in [-0.15, -0.1) is 0 Å². The van der Waals surface area contributed by atoms with E-state index in [1.54, 1.807) is 12.4 Å². The summed E-state index contributed by atoms with van der Waals surface area (Å²) in [5.74, 6) is -0.332. The molecule has 0 aliphatic rings. The number of carbonyl (C=O) groups excluding carboxylic acids is 1. The van der Waals surface area contributed by atoms with E-state index >= 15 is 0 Å². The summed E-state index contributed by atoms with van der Waals surface area (Å²) >= 11 is 0. The van der Waals surface area contributed by atoms with Crippen LogP contribution in [0, 0.1) is 11.3 Å². The number of rotatable bonds is 6. The van der Waals surface area contributed by atoms with Gasteiger partial charge in [0.2, 0.25) is 0 Å². The van der Waals surface area contributed by atoms with Crippen LogP contribution in [0.15, 0.2) is 24.5 Å². The Bertz CT molecular complexity index is 384. The van der Waals surface area contributed by atoms with Crippen molar-refractivity contribution >= 4 is 5.97 Å². The van der Waals surface area contributed by atoms with Gasteiger partial charge in [-0.25, -0.2) is 0 Å². The number of esters is 1. The molecule has 0 radical (unpaired) electrons. The van der Waals surface area contributed by atoms with E-state index in [0.29, 0.717) is 6.42 Å². The smallest absolute Gasteiger partial charge is 0.305 e. The van der Waals surface area contributed by atoms with Gasteiger partial charge in [-0.2, -0.15) is 5.26 Å². The summed E-state index contributed by atoms with van der Waals surface area (Å²) in [6.45, 7) is 0. The molecular formula is C13H16N2O2. The van der Waals surface area contributed by atoms with Crippen molar-refractivity contribution in [2.24, 2.45) is 0 Å². The Morgan fingerprint density at radius 2 is 2.41 bits per heavy atom. The van der Waals surface area contributed by atoms with Gasteiger partial charge in [0, 0.05) is 18.8 Å². The van der Waals surface area contributed by atoms with Gasteiger partial charge in [0.1, 0.15) is 0 Å². The molecule has 17 heavy (non-hydrogen) atoms. The maximum absolute atomic E-state index is 10.9. The molecule has 90 valence electrons. The Balaban J connectivity index is 2.35. The molecule has 0 N–H and O–H groups in total. The fourth-order valence-corrected chi connectivity index (χ4v) is 1.61. The zero-order chi connectivity index (χ0) is 12.5. The molecular weight excluding hydrogens is 216 g/mol. The van der Waals surface area contributed by atoms with E-state index in [0.717, 1.165) is 24.8 Å². The van der Waals surface area contributed by atoms with E-state index < -0.39 is 0 Å². The van der Waals surface area contributed by atoms with Crippen molar-refractivity contribution in [3.63, 3.8) is 0 Å². The maximum atomic E-state index is 10.9. The summed E-state index contributed by atoms with van der Waals surface area (Å²) < 4.78 is 4.55. The average Bonchev–Trinajstić information content (AvgIpc) is 2.39. The number of ether oxygens (including phenoxy) is 1. The van der Waals surface area contributed by atoms with Crippen LogP contribution in [-0.4, -0.2) is 18.1 Å². The van der Waals surface area contributed by atoms with Crippen LogP contribution >= 0.6 is 0 Å². The Labute approximate surface area is 101 Å². The van der Waals surface area contributed by atoms with Crippen molar-refractivity contribution in [2.75, 3.05) is 7.11 Å². The minimum atomic E-state index is -0.195. The maximum Gasteiger partial charge on any atom is 0.305 e. The van der Waals surface area contributed by atoms with E-state index in [2.05, 4.69) is 15.8 Å². The minimum Gasteiger partial charge on any atom is -0.469 e. The molecule has 0 amide bonds. The molecule has 0 aliphatic heterocycles. The molecule has 1 aromatic heterocycles. The molecule has 1 atom stereocenters. The van der Waals surface area contributed by atoms with Crippen molar-refractivity contribution in [3.8, 4) is 6.07 Å². The highest BCUT2D eigenvalue weighted by Crippen LogP contribution is 2.20. The molecule has 0 saturated heterocycles. The number of nitriles is 1. The topological polar surface area (TPSA) is 63.0 Å². The Morgan fingerprint density at radius 1 is 1.59 bits per heavy atom. The van der Waals surface area contributed by atoms with Crippen LogP contribution in [0.5, 0.6) is 0 Å². The first-order valence-corrected chi connectivity index (χ1v) is 5.64. The van der Waals surface area contributed by atoms with Crippen molar-refractivity contribution in [3.05, 3.63) is 30.1 Å². The molecule has 1 rings (SSSR count). The fourth-order valence-electron chi connectivity index (χ4n) is 1.61. The summed E-state index contributed by atoms with van der Waals surface area (Å²) in [6.07, 6.45) is 6.16.